The summed E-state index contributed by atoms with van der Waals surface area (Å²) < 4.78 is 6.51. The van der Waals surface area contributed by atoms with Crippen LogP contribution in [0.3, 0.4) is 0 Å². The molecule has 0 bridgehead atoms. The molecule has 0 atom stereocenters. The van der Waals surface area contributed by atoms with Gasteiger partial charge in [0.15, 0.2) is 0 Å². The zero-order chi connectivity index (χ0) is 13.9. The fourth-order valence-corrected chi connectivity index (χ4v) is 2.66. The van der Waals surface area contributed by atoms with E-state index in [2.05, 4.69) is 4.98 Å². The van der Waals surface area contributed by atoms with Crippen LogP contribution in [0.1, 0.15) is 15.4 Å². The molecule has 0 aliphatic heterocycles. The van der Waals surface area contributed by atoms with Gasteiger partial charge >= 0.3 is 5.97 Å². The molecular formula is C15H11NO3S. The average molecular weight is 285 g/mol. The number of aromatic nitrogens is 1. The second-order valence-electron chi connectivity index (χ2n) is 4.23. The molecular weight excluding hydrogens is 274 g/mol. The molecule has 2 aromatic carbocycles. The van der Waals surface area contributed by atoms with E-state index in [0.717, 1.165) is 21.6 Å². The van der Waals surface area contributed by atoms with E-state index in [9.17, 15) is 4.79 Å². The molecule has 0 fully saturated rings. The maximum absolute atomic E-state index is 10.9. The molecule has 0 spiro atoms. The Labute approximate surface area is 119 Å². The molecule has 1 aromatic heterocycles. The minimum atomic E-state index is -1.00. The van der Waals surface area contributed by atoms with Crippen LogP contribution in [-0.2, 0) is 6.61 Å². The van der Waals surface area contributed by atoms with E-state index in [1.54, 1.807) is 12.1 Å². The molecule has 0 saturated carbocycles. The largest absolute Gasteiger partial charge is 0.489 e. The quantitative estimate of drug-likeness (QED) is 0.796. The lowest BCUT2D eigenvalue weighted by molar-refractivity contribution is 0.0696. The Balaban J connectivity index is 1.80. The summed E-state index contributed by atoms with van der Waals surface area (Å²) in [5.74, 6) is -0.292. The zero-order valence-corrected chi connectivity index (χ0v) is 11.3. The molecule has 5 heteroatoms. The van der Waals surface area contributed by atoms with E-state index in [4.69, 9.17) is 9.84 Å². The molecule has 100 valence electrons. The van der Waals surface area contributed by atoms with Gasteiger partial charge in [0, 0.05) is 0 Å². The predicted molar refractivity (Wildman–Crippen MR) is 77.4 cm³/mol. The van der Waals surface area contributed by atoms with Gasteiger partial charge in [-0.15, -0.1) is 11.3 Å². The SMILES string of the molecule is O=C(O)c1nc2ccc(OCc3ccccc3)cc2s1. The first-order valence-corrected chi connectivity index (χ1v) is 6.84. The topological polar surface area (TPSA) is 59.4 Å². The summed E-state index contributed by atoms with van der Waals surface area (Å²) in [4.78, 5) is 14.9. The molecule has 4 nitrogen and oxygen atoms in total. The Morgan fingerprint density at radius 2 is 2.00 bits per heavy atom. The van der Waals surface area contributed by atoms with E-state index in [1.807, 2.05) is 36.4 Å². The zero-order valence-electron chi connectivity index (χ0n) is 10.4. The minimum absolute atomic E-state index is 0.0974. The Bertz CT molecular complexity index is 752. The molecule has 0 saturated heterocycles. The predicted octanol–water partition coefficient (Wildman–Crippen LogP) is 3.57. The lowest BCUT2D eigenvalue weighted by atomic mass is 10.2. The summed E-state index contributed by atoms with van der Waals surface area (Å²) in [5, 5.41) is 9.02. The third kappa shape index (κ3) is 2.62. The molecule has 0 aliphatic rings. The van der Waals surface area contributed by atoms with Crippen LogP contribution >= 0.6 is 11.3 Å². The Morgan fingerprint density at radius 1 is 1.20 bits per heavy atom. The van der Waals surface area contributed by atoms with Gasteiger partial charge in [-0.25, -0.2) is 9.78 Å². The number of ether oxygens (including phenoxy) is 1. The minimum Gasteiger partial charge on any atom is -0.489 e. The number of hydrogen-bond acceptors (Lipinski definition) is 4. The number of rotatable bonds is 4. The second-order valence-corrected chi connectivity index (χ2v) is 5.26. The van der Waals surface area contributed by atoms with Gasteiger partial charge in [-0.2, -0.15) is 0 Å². The molecule has 1 heterocycles. The highest BCUT2D eigenvalue weighted by Gasteiger charge is 2.10. The monoisotopic (exact) mass is 285 g/mol. The van der Waals surface area contributed by atoms with Crippen LogP contribution in [-0.4, -0.2) is 16.1 Å². The van der Waals surface area contributed by atoms with Crippen molar-refractivity contribution in [2.24, 2.45) is 0 Å². The number of hydrogen-bond donors (Lipinski definition) is 1. The van der Waals surface area contributed by atoms with Gasteiger partial charge < -0.3 is 9.84 Å². The number of carbonyl (C=O) groups is 1. The first kappa shape index (κ1) is 12.6. The summed E-state index contributed by atoms with van der Waals surface area (Å²) in [6.45, 7) is 0.483. The van der Waals surface area contributed by atoms with Crippen molar-refractivity contribution in [2.75, 3.05) is 0 Å². The molecule has 0 radical (unpaired) electrons. The number of thiazole rings is 1. The van der Waals surface area contributed by atoms with Crippen LogP contribution in [0, 0.1) is 0 Å². The highest BCUT2D eigenvalue weighted by atomic mass is 32.1. The Kier molecular flexibility index (Phi) is 3.35. The van der Waals surface area contributed by atoms with Crippen LogP contribution < -0.4 is 4.74 Å². The van der Waals surface area contributed by atoms with E-state index in [1.165, 1.54) is 0 Å². The van der Waals surface area contributed by atoms with Crippen molar-refractivity contribution in [3.8, 4) is 5.75 Å². The summed E-state index contributed by atoms with van der Waals surface area (Å²) in [7, 11) is 0. The van der Waals surface area contributed by atoms with Crippen LogP contribution in [0.25, 0.3) is 10.2 Å². The number of carboxylic acids is 1. The highest BCUT2D eigenvalue weighted by Crippen LogP contribution is 2.26. The van der Waals surface area contributed by atoms with E-state index >= 15 is 0 Å². The second kappa shape index (κ2) is 5.30. The molecule has 0 amide bonds. The van der Waals surface area contributed by atoms with Crippen molar-refractivity contribution >= 4 is 27.5 Å². The van der Waals surface area contributed by atoms with Crippen LogP contribution in [0.2, 0.25) is 0 Å². The first-order valence-electron chi connectivity index (χ1n) is 6.03. The Morgan fingerprint density at radius 3 is 2.75 bits per heavy atom. The third-order valence-electron chi connectivity index (χ3n) is 2.79. The lowest BCUT2D eigenvalue weighted by Crippen LogP contribution is -1.94. The van der Waals surface area contributed by atoms with E-state index < -0.39 is 5.97 Å². The Hall–Kier alpha value is -2.40. The molecule has 0 unspecified atom stereocenters. The number of aromatic carboxylic acids is 1. The summed E-state index contributed by atoms with van der Waals surface area (Å²) in [5.41, 5.74) is 1.77. The van der Waals surface area contributed by atoms with Gasteiger partial charge in [0.2, 0.25) is 5.01 Å². The van der Waals surface area contributed by atoms with Crippen molar-refractivity contribution in [2.45, 2.75) is 6.61 Å². The smallest absolute Gasteiger partial charge is 0.365 e. The van der Waals surface area contributed by atoms with Crippen LogP contribution in [0.5, 0.6) is 5.75 Å². The number of nitrogens with zero attached hydrogens (tertiary/aromatic N) is 1. The van der Waals surface area contributed by atoms with Crippen LogP contribution in [0.15, 0.2) is 48.5 Å². The lowest BCUT2D eigenvalue weighted by Gasteiger charge is -2.05. The molecule has 1 N–H and O–H groups in total. The summed E-state index contributed by atoms with van der Waals surface area (Å²) >= 11 is 1.15. The van der Waals surface area contributed by atoms with Crippen molar-refractivity contribution in [1.82, 2.24) is 4.98 Å². The van der Waals surface area contributed by atoms with Gasteiger partial charge in [0.25, 0.3) is 0 Å². The fourth-order valence-electron chi connectivity index (χ4n) is 1.83. The van der Waals surface area contributed by atoms with Crippen molar-refractivity contribution in [3.63, 3.8) is 0 Å². The normalized spacial score (nSPS) is 10.6. The van der Waals surface area contributed by atoms with E-state index in [0.29, 0.717) is 17.9 Å². The fraction of sp³-hybridized carbons (Fsp3) is 0.0667. The van der Waals surface area contributed by atoms with E-state index in [-0.39, 0.29) is 5.01 Å². The third-order valence-corrected chi connectivity index (χ3v) is 3.80. The van der Waals surface area contributed by atoms with Gasteiger partial charge in [-0.3, -0.25) is 0 Å². The molecule has 20 heavy (non-hydrogen) atoms. The molecule has 0 aliphatic carbocycles. The number of carboxylic acid groups (broad SMARTS) is 1. The van der Waals surface area contributed by atoms with Gasteiger partial charge in [-0.05, 0) is 23.8 Å². The highest BCUT2D eigenvalue weighted by molar-refractivity contribution is 7.20. The van der Waals surface area contributed by atoms with Gasteiger partial charge in [0.05, 0.1) is 10.2 Å². The standard InChI is InChI=1S/C15H11NO3S/c17-15(18)14-16-12-7-6-11(8-13(12)20-14)19-9-10-4-2-1-3-5-10/h1-8H,9H2,(H,17,18). The summed E-state index contributed by atoms with van der Waals surface area (Å²) in [6.07, 6.45) is 0. The van der Waals surface area contributed by atoms with Gasteiger partial charge in [-0.1, -0.05) is 30.3 Å². The van der Waals surface area contributed by atoms with Crippen molar-refractivity contribution < 1.29 is 14.6 Å². The number of benzene rings is 2. The molecule has 3 rings (SSSR count). The van der Waals surface area contributed by atoms with Gasteiger partial charge in [0.1, 0.15) is 12.4 Å². The van der Waals surface area contributed by atoms with Crippen LogP contribution in [0.4, 0.5) is 0 Å². The summed E-state index contributed by atoms with van der Waals surface area (Å²) in [6, 6.07) is 15.3. The molecule has 3 aromatic rings. The van der Waals surface area contributed by atoms with Crippen molar-refractivity contribution in [1.29, 1.82) is 0 Å². The number of fused-ring (bicyclic) bond motifs is 1. The maximum Gasteiger partial charge on any atom is 0.365 e. The van der Waals surface area contributed by atoms with Crippen molar-refractivity contribution in [3.05, 3.63) is 59.1 Å². The maximum atomic E-state index is 10.9. The first-order chi connectivity index (χ1) is 9.72. The average Bonchev–Trinajstić information content (AvgIpc) is 2.89.